The van der Waals surface area contributed by atoms with E-state index < -0.39 is 0 Å². The first-order chi connectivity index (χ1) is 8.16. The summed E-state index contributed by atoms with van der Waals surface area (Å²) in [6.07, 6.45) is 6.89. The van der Waals surface area contributed by atoms with Crippen molar-refractivity contribution in [2.45, 2.75) is 44.2 Å². The number of hydrogen-bond acceptors (Lipinski definition) is 3. The Kier molecular flexibility index (Phi) is 4.83. The van der Waals surface area contributed by atoms with E-state index in [4.69, 9.17) is 0 Å². The van der Waals surface area contributed by atoms with Crippen molar-refractivity contribution >= 4 is 0 Å². The maximum absolute atomic E-state index is 3.65. The molecule has 2 aliphatic heterocycles. The van der Waals surface area contributed by atoms with Crippen LogP contribution in [0.3, 0.4) is 0 Å². The van der Waals surface area contributed by atoms with Crippen molar-refractivity contribution in [2.75, 3.05) is 40.8 Å². The Labute approximate surface area is 107 Å². The third-order valence-corrected chi connectivity index (χ3v) is 4.56. The van der Waals surface area contributed by atoms with Crippen molar-refractivity contribution in [1.29, 1.82) is 0 Å². The van der Waals surface area contributed by atoms with Crippen LogP contribution in [-0.2, 0) is 0 Å². The van der Waals surface area contributed by atoms with Gasteiger partial charge in [0, 0.05) is 18.6 Å². The van der Waals surface area contributed by atoms with E-state index in [1.807, 2.05) is 0 Å². The molecule has 2 heterocycles. The van der Waals surface area contributed by atoms with Gasteiger partial charge in [0.2, 0.25) is 0 Å². The summed E-state index contributed by atoms with van der Waals surface area (Å²) in [5.74, 6) is 0.867. The van der Waals surface area contributed by atoms with Crippen LogP contribution in [0.4, 0.5) is 0 Å². The van der Waals surface area contributed by atoms with Gasteiger partial charge in [0.05, 0.1) is 0 Å². The Morgan fingerprint density at radius 1 is 1.29 bits per heavy atom. The van der Waals surface area contributed by atoms with Crippen LogP contribution in [-0.4, -0.2) is 62.7 Å². The predicted molar refractivity (Wildman–Crippen MR) is 73.3 cm³/mol. The van der Waals surface area contributed by atoms with E-state index in [1.165, 1.54) is 51.7 Å². The third kappa shape index (κ3) is 3.67. The summed E-state index contributed by atoms with van der Waals surface area (Å²) >= 11 is 0. The molecular formula is C14H29N3. The smallest absolute Gasteiger partial charge is 0.0144 e. The quantitative estimate of drug-likeness (QED) is 0.800. The molecule has 3 unspecified atom stereocenters. The SMILES string of the molecule is CN1CCCC(C(CC2CCCN2)N(C)C)C1. The van der Waals surface area contributed by atoms with Crippen molar-refractivity contribution in [3.8, 4) is 0 Å². The van der Waals surface area contributed by atoms with Gasteiger partial charge in [0.1, 0.15) is 0 Å². The lowest BCUT2D eigenvalue weighted by atomic mass is 9.86. The van der Waals surface area contributed by atoms with Crippen LogP contribution < -0.4 is 5.32 Å². The molecule has 17 heavy (non-hydrogen) atoms. The van der Waals surface area contributed by atoms with Crippen LogP contribution in [0.5, 0.6) is 0 Å². The molecule has 2 saturated heterocycles. The van der Waals surface area contributed by atoms with E-state index in [9.17, 15) is 0 Å². The first-order valence-electron chi connectivity index (χ1n) is 7.25. The average Bonchev–Trinajstić information content (AvgIpc) is 2.78. The standard InChI is InChI=1S/C14H29N3/c1-16(2)14(10-13-7-4-8-15-13)12-6-5-9-17(3)11-12/h12-15H,4-11H2,1-3H3. The normalized spacial score (nSPS) is 33.2. The molecule has 3 atom stereocenters. The molecule has 0 aromatic heterocycles. The molecule has 0 spiro atoms. The number of hydrogen-bond donors (Lipinski definition) is 1. The summed E-state index contributed by atoms with van der Waals surface area (Å²) in [7, 11) is 6.79. The second-order valence-electron chi connectivity index (χ2n) is 6.22. The minimum absolute atomic E-state index is 0.758. The highest BCUT2D eigenvalue weighted by Crippen LogP contribution is 2.26. The van der Waals surface area contributed by atoms with Crippen molar-refractivity contribution in [3.05, 3.63) is 0 Å². The zero-order chi connectivity index (χ0) is 12.3. The molecule has 0 aliphatic carbocycles. The molecule has 100 valence electrons. The Bertz CT molecular complexity index is 224. The number of rotatable bonds is 4. The van der Waals surface area contributed by atoms with Gasteiger partial charge in [-0.2, -0.15) is 0 Å². The zero-order valence-corrected chi connectivity index (χ0v) is 11.8. The highest BCUT2D eigenvalue weighted by molar-refractivity contribution is 4.87. The number of piperidine rings is 1. The maximum Gasteiger partial charge on any atom is 0.0144 e. The number of nitrogens with one attached hydrogen (secondary N) is 1. The van der Waals surface area contributed by atoms with E-state index in [0.717, 1.165) is 18.0 Å². The lowest BCUT2D eigenvalue weighted by Gasteiger charge is -2.39. The second kappa shape index (κ2) is 6.17. The summed E-state index contributed by atoms with van der Waals surface area (Å²) in [5.41, 5.74) is 0. The molecule has 1 N–H and O–H groups in total. The van der Waals surface area contributed by atoms with Gasteiger partial charge in [-0.05, 0) is 72.3 Å². The van der Waals surface area contributed by atoms with E-state index in [2.05, 4.69) is 36.3 Å². The Morgan fingerprint density at radius 3 is 2.71 bits per heavy atom. The van der Waals surface area contributed by atoms with Gasteiger partial charge >= 0.3 is 0 Å². The van der Waals surface area contributed by atoms with Gasteiger partial charge in [0.25, 0.3) is 0 Å². The minimum atomic E-state index is 0.758. The minimum Gasteiger partial charge on any atom is -0.314 e. The van der Waals surface area contributed by atoms with Gasteiger partial charge < -0.3 is 15.1 Å². The lowest BCUT2D eigenvalue weighted by Crippen LogP contribution is -2.46. The molecular weight excluding hydrogens is 210 g/mol. The van der Waals surface area contributed by atoms with Gasteiger partial charge in [0.15, 0.2) is 0 Å². The number of likely N-dealkylation sites (tertiary alicyclic amines) is 1. The largest absolute Gasteiger partial charge is 0.314 e. The molecule has 2 aliphatic rings. The first-order valence-corrected chi connectivity index (χ1v) is 7.25. The van der Waals surface area contributed by atoms with E-state index in [1.54, 1.807) is 0 Å². The third-order valence-electron chi connectivity index (χ3n) is 4.56. The fourth-order valence-corrected chi connectivity index (χ4v) is 3.59. The van der Waals surface area contributed by atoms with Crippen LogP contribution in [0.15, 0.2) is 0 Å². The molecule has 0 amide bonds. The van der Waals surface area contributed by atoms with Crippen LogP contribution in [0, 0.1) is 5.92 Å². The van der Waals surface area contributed by atoms with Crippen molar-refractivity contribution in [3.63, 3.8) is 0 Å². The van der Waals surface area contributed by atoms with Gasteiger partial charge in [-0.25, -0.2) is 0 Å². The summed E-state index contributed by atoms with van der Waals surface area (Å²) in [6, 6.07) is 1.53. The average molecular weight is 239 g/mol. The molecule has 0 aromatic rings. The molecule has 2 fully saturated rings. The van der Waals surface area contributed by atoms with Crippen LogP contribution in [0.2, 0.25) is 0 Å². The number of nitrogens with zero attached hydrogens (tertiary/aromatic N) is 2. The molecule has 0 aromatic carbocycles. The molecule has 0 radical (unpaired) electrons. The van der Waals surface area contributed by atoms with Crippen molar-refractivity contribution < 1.29 is 0 Å². The Morgan fingerprint density at radius 2 is 2.12 bits per heavy atom. The van der Waals surface area contributed by atoms with Gasteiger partial charge in [-0.3, -0.25) is 0 Å². The van der Waals surface area contributed by atoms with E-state index in [-0.39, 0.29) is 0 Å². The van der Waals surface area contributed by atoms with Crippen molar-refractivity contribution in [1.82, 2.24) is 15.1 Å². The maximum atomic E-state index is 3.65. The summed E-state index contributed by atoms with van der Waals surface area (Å²) in [5, 5.41) is 3.65. The fraction of sp³-hybridized carbons (Fsp3) is 1.00. The topological polar surface area (TPSA) is 18.5 Å². The van der Waals surface area contributed by atoms with Crippen LogP contribution in [0.1, 0.15) is 32.1 Å². The fourth-order valence-electron chi connectivity index (χ4n) is 3.59. The van der Waals surface area contributed by atoms with Crippen molar-refractivity contribution in [2.24, 2.45) is 5.92 Å². The van der Waals surface area contributed by atoms with Crippen LogP contribution in [0.25, 0.3) is 0 Å². The summed E-state index contributed by atoms with van der Waals surface area (Å²) in [4.78, 5) is 4.97. The molecule has 0 saturated carbocycles. The molecule has 3 nitrogen and oxygen atoms in total. The molecule has 3 heteroatoms. The Hall–Kier alpha value is -0.120. The monoisotopic (exact) mass is 239 g/mol. The van der Waals surface area contributed by atoms with E-state index >= 15 is 0 Å². The molecule has 2 rings (SSSR count). The second-order valence-corrected chi connectivity index (χ2v) is 6.22. The Balaban J connectivity index is 1.90. The molecule has 0 bridgehead atoms. The highest BCUT2D eigenvalue weighted by atomic mass is 15.1. The van der Waals surface area contributed by atoms with Gasteiger partial charge in [-0.15, -0.1) is 0 Å². The zero-order valence-electron chi connectivity index (χ0n) is 11.8. The summed E-state index contributed by atoms with van der Waals surface area (Å²) in [6.45, 7) is 3.81. The van der Waals surface area contributed by atoms with E-state index in [0.29, 0.717) is 0 Å². The van der Waals surface area contributed by atoms with Crippen LogP contribution >= 0.6 is 0 Å². The van der Waals surface area contributed by atoms with Gasteiger partial charge in [-0.1, -0.05) is 0 Å². The summed E-state index contributed by atoms with van der Waals surface area (Å²) < 4.78 is 0. The first kappa shape index (κ1) is 13.3. The highest BCUT2D eigenvalue weighted by Gasteiger charge is 2.30. The lowest BCUT2D eigenvalue weighted by molar-refractivity contribution is 0.110. The predicted octanol–water partition coefficient (Wildman–Crippen LogP) is 1.40.